The summed E-state index contributed by atoms with van der Waals surface area (Å²) < 4.78 is 27.2. The average Bonchev–Trinajstić information content (AvgIpc) is 2.37. The fraction of sp³-hybridized carbons (Fsp3) is 0.917. The maximum absolute atomic E-state index is 11.1. The minimum absolute atomic E-state index is 0.0522. The van der Waals surface area contributed by atoms with Crippen molar-refractivity contribution in [3.8, 4) is 0 Å². The average molecular weight is 297 g/mol. The van der Waals surface area contributed by atoms with Gasteiger partial charge in [0.2, 0.25) is 5.24 Å². The van der Waals surface area contributed by atoms with Crippen LogP contribution in [-0.4, -0.2) is 70.8 Å². The van der Waals surface area contributed by atoms with E-state index in [4.69, 9.17) is 35.3 Å². The molecule has 1 fully saturated rings. The minimum Gasteiger partial charge on any atom is -0.382 e. The first-order chi connectivity index (χ1) is 9.08. The summed E-state index contributed by atoms with van der Waals surface area (Å²) in [4.78, 5) is 11.1. The molecular weight excluding hydrogens is 276 g/mol. The number of ether oxygens (including phenoxy) is 5. The molecule has 0 aromatic carbocycles. The van der Waals surface area contributed by atoms with Gasteiger partial charge in [0.25, 0.3) is 0 Å². The fourth-order valence-electron chi connectivity index (χ4n) is 2.45. The van der Waals surface area contributed by atoms with Crippen LogP contribution in [0.1, 0.15) is 6.42 Å². The number of methoxy groups -OCH3 is 4. The summed E-state index contributed by atoms with van der Waals surface area (Å²) in [6.45, 7) is 0.335. The van der Waals surface area contributed by atoms with Gasteiger partial charge in [-0.2, -0.15) is 0 Å². The Morgan fingerprint density at radius 2 is 1.53 bits per heavy atom. The van der Waals surface area contributed by atoms with E-state index < -0.39 is 17.5 Å². The summed E-state index contributed by atoms with van der Waals surface area (Å²) in [5, 5.41) is -0.478. The highest BCUT2D eigenvalue weighted by molar-refractivity contribution is 6.63. The van der Waals surface area contributed by atoms with Gasteiger partial charge in [0.05, 0.1) is 19.1 Å². The first-order valence-electron chi connectivity index (χ1n) is 6.00. The lowest BCUT2D eigenvalue weighted by Gasteiger charge is -2.44. The van der Waals surface area contributed by atoms with Gasteiger partial charge in [-0.1, -0.05) is 0 Å². The molecule has 5 unspecified atom stereocenters. The van der Waals surface area contributed by atoms with Gasteiger partial charge in [-0.05, 0) is 11.6 Å². The number of halogens is 1. The quantitative estimate of drug-likeness (QED) is 0.641. The molecule has 0 N–H and O–H groups in total. The molecule has 0 spiro atoms. The van der Waals surface area contributed by atoms with Gasteiger partial charge in [-0.15, -0.1) is 0 Å². The highest BCUT2D eigenvalue weighted by Gasteiger charge is 2.47. The van der Waals surface area contributed by atoms with Gasteiger partial charge >= 0.3 is 0 Å². The molecule has 0 amide bonds. The molecule has 1 saturated heterocycles. The van der Waals surface area contributed by atoms with Crippen molar-refractivity contribution in [2.24, 2.45) is 0 Å². The number of hydrogen-bond donors (Lipinski definition) is 0. The first kappa shape index (κ1) is 16.8. The van der Waals surface area contributed by atoms with E-state index >= 15 is 0 Å². The van der Waals surface area contributed by atoms with E-state index in [0.29, 0.717) is 6.61 Å². The molecule has 0 aromatic heterocycles. The second kappa shape index (κ2) is 8.14. The molecule has 19 heavy (non-hydrogen) atoms. The molecule has 1 aliphatic heterocycles. The van der Waals surface area contributed by atoms with E-state index in [1.165, 1.54) is 7.11 Å². The lowest BCUT2D eigenvalue weighted by atomic mass is 9.93. The van der Waals surface area contributed by atoms with Gasteiger partial charge in [0, 0.05) is 28.4 Å². The fourth-order valence-corrected chi connectivity index (χ4v) is 2.60. The molecule has 7 heteroatoms. The Kier molecular flexibility index (Phi) is 7.20. The van der Waals surface area contributed by atoms with E-state index in [2.05, 4.69) is 0 Å². The van der Waals surface area contributed by atoms with E-state index in [1.54, 1.807) is 21.3 Å². The van der Waals surface area contributed by atoms with E-state index in [0.717, 1.165) is 0 Å². The zero-order valence-electron chi connectivity index (χ0n) is 11.6. The van der Waals surface area contributed by atoms with Gasteiger partial charge in [0.15, 0.2) is 0 Å². The van der Waals surface area contributed by atoms with Crippen molar-refractivity contribution in [3.05, 3.63) is 0 Å². The summed E-state index contributed by atoms with van der Waals surface area (Å²) in [6.07, 6.45) is -1.89. The molecule has 0 saturated carbocycles. The smallest absolute Gasteiger partial charge is 0.224 e. The van der Waals surface area contributed by atoms with Gasteiger partial charge in [0.1, 0.15) is 24.4 Å². The summed E-state index contributed by atoms with van der Waals surface area (Å²) in [5.41, 5.74) is 0. The van der Waals surface area contributed by atoms with E-state index in [1.807, 2.05) is 0 Å². The Morgan fingerprint density at radius 1 is 1.00 bits per heavy atom. The SMILES string of the molecule is COCC1OC(CC(=O)Cl)C(OC)C(OC)C1OC. The second-order valence-corrected chi connectivity index (χ2v) is 4.75. The third-order valence-corrected chi connectivity index (χ3v) is 3.39. The van der Waals surface area contributed by atoms with Crippen LogP contribution in [0.25, 0.3) is 0 Å². The van der Waals surface area contributed by atoms with Crippen molar-refractivity contribution in [1.29, 1.82) is 0 Å². The molecule has 0 bridgehead atoms. The number of carbonyl (C=O) groups excluding carboxylic acids is 1. The van der Waals surface area contributed by atoms with E-state index in [9.17, 15) is 4.79 Å². The molecule has 112 valence electrons. The molecule has 5 atom stereocenters. The molecule has 1 heterocycles. The van der Waals surface area contributed by atoms with Crippen molar-refractivity contribution in [1.82, 2.24) is 0 Å². The lowest BCUT2D eigenvalue weighted by Crippen LogP contribution is -2.60. The van der Waals surface area contributed by atoms with Gasteiger partial charge in [-0.25, -0.2) is 0 Å². The maximum atomic E-state index is 11.1. The van der Waals surface area contributed by atoms with Crippen molar-refractivity contribution >= 4 is 16.8 Å². The van der Waals surface area contributed by atoms with Crippen molar-refractivity contribution in [2.75, 3.05) is 35.0 Å². The number of rotatable bonds is 7. The van der Waals surface area contributed by atoms with Crippen LogP contribution in [0.5, 0.6) is 0 Å². The zero-order valence-corrected chi connectivity index (χ0v) is 12.4. The van der Waals surface area contributed by atoms with Crippen molar-refractivity contribution in [3.63, 3.8) is 0 Å². The highest BCUT2D eigenvalue weighted by Crippen LogP contribution is 2.29. The monoisotopic (exact) mass is 296 g/mol. The maximum Gasteiger partial charge on any atom is 0.224 e. The van der Waals surface area contributed by atoms with Crippen LogP contribution in [0.3, 0.4) is 0 Å². The molecule has 1 aliphatic rings. The second-order valence-electron chi connectivity index (χ2n) is 4.33. The molecule has 0 radical (unpaired) electrons. The topological polar surface area (TPSA) is 63.2 Å². The zero-order chi connectivity index (χ0) is 14.4. The lowest BCUT2D eigenvalue weighted by molar-refractivity contribution is -0.249. The molecule has 6 nitrogen and oxygen atoms in total. The Labute approximate surface area is 118 Å². The van der Waals surface area contributed by atoms with Crippen LogP contribution < -0.4 is 0 Å². The largest absolute Gasteiger partial charge is 0.382 e. The normalized spacial score (nSPS) is 35.3. The predicted molar refractivity (Wildman–Crippen MR) is 68.4 cm³/mol. The van der Waals surface area contributed by atoms with Crippen molar-refractivity contribution < 1.29 is 28.5 Å². The Balaban J connectivity index is 2.91. The number of hydrogen-bond acceptors (Lipinski definition) is 6. The van der Waals surface area contributed by atoms with E-state index in [-0.39, 0.29) is 24.7 Å². The Bertz CT molecular complexity index is 287. The third kappa shape index (κ3) is 4.11. The molecule has 0 aromatic rings. The molecular formula is C12H21ClO6. The summed E-state index contributed by atoms with van der Waals surface area (Å²) in [7, 11) is 6.25. The minimum atomic E-state index is -0.480. The molecule has 1 rings (SSSR count). The van der Waals surface area contributed by atoms with Crippen LogP contribution in [0.4, 0.5) is 0 Å². The van der Waals surface area contributed by atoms with Crippen molar-refractivity contribution in [2.45, 2.75) is 36.9 Å². The summed E-state index contributed by atoms with van der Waals surface area (Å²) in [5.74, 6) is 0. The van der Waals surface area contributed by atoms with Crippen LogP contribution in [0, 0.1) is 0 Å². The third-order valence-electron chi connectivity index (χ3n) is 3.24. The predicted octanol–water partition coefficient (Wildman–Crippen LogP) is 0.601. The highest BCUT2D eigenvalue weighted by atomic mass is 35.5. The summed E-state index contributed by atoms with van der Waals surface area (Å²) in [6, 6.07) is 0. The van der Waals surface area contributed by atoms with Crippen LogP contribution in [-0.2, 0) is 28.5 Å². The van der Waals surface area contributed by atoms with Crippen LogP contribution in [0.15, 0.2) is 0 Å². The number of carbonyl (C=O) groups is 1. The van der Waals surface area contributed by atoms with Crippen LogP contribution >= 0.6 is 11.6 Å². The van der Waals surface area contributed by atoms with Gasteiger partial charge < -0.3 is 23.7 Å². The van der Waals surface area contributed by atoms with Gasteiger partial charge in [-0.3, -0.25) is 4.79 Å². The van der Waals surface area contributed by atoms with Crippen LogP contribution in [0.2, 0.25) is 0 Å². The Morgan fingerprint density at radius 3 is 1.95 bits per heavy atom. The Hall–Kier alpha value is -0.240. The summed E-state index contributed by atoms with van der Waals surface area (Å²) >= 11 is 5.44. The first-order valence-corrected chi connectivity index (χ1v) is 6.37. The molecule has 0 aliphatic carbocycles. The standard InChI is InChI=1S/C12H21ClO6/c1-15-6-8-11(17-3)12(18-4)10(16-2)7(19-8)5-9(13)14/h7-8,10-12H,5-6H2,1-4H3.